The second-order valence-corrected chi connectivity index (χ2v) is 7.36. The van der Waals surface area contributed by atoms with Gasteiger partial charge in [-0.2, -0.15) is 0 Å². The van der Waals surface area contributed by atoms with Gasteiger partial charge in [0.2, 0.25) is 0 Å². The molecule has 0 unspecified atom stereocenters. The fourth-order valence-corrected chi connectivity index (χ4v) is 3.66. The maximum absolute atomic E-state index is 12.6. The molecule has 0 bridgehead atoms. The minimum atomic E-state index is -1.09. The molecular weight excluding hydrogens is 416 g/mol. The number of hydrogen-bond acceptors (Lipinski definition) is 6. The maximum Gasteiger partial charge on any atom is 0.341 e. The number of rotatable bonds is 6. The van der Waals surface area contributed by atoms with Crippen molar-refractivity contribution in [3.8, 4) is 11.5 Å². The average molecular weight is 433 g/mol. The van der Waals surface area contributed by atoms with E-state index in [-0.39, 0.29) is 16.7 Å². The summed E-state index contributed by atoms with van der Waals surface area (Å²) in [5, 5.41) is 9.50. The molecule has 3 rings (SSSR count). The van der Waals surface area contributed by atoms with Gasteiger partial charge in [0, 0.05) is 7.05 Å². The van der Waals surface area contributed by atoms with Gasteiger partial charge < -0.3 is 14.6 Å². The van der Waals surface area contributed by atoms with Crippen LogP contribution in [0.4, 0.5) is 5.69 Å². The van der Waals surface area contributed by atoms with Crippen LogP contribution in [0.2, 0.25) is 5.02 Å². The van der Waals surface area contributed by atoms with Crippen LogP contribution in [0.5, 0.6) is 11.5 Å². The van der Waals surface area contributed by atoms with E-state index in [1.54, 1.807) is 50.6 Å². The minimum Gasteiger partial charge on any atom is -0.497 e. The summed E-state index contributed by atoms with van der Waals surface area (Å²) in [5.74, 6) is -0.275. The number of likely N-dealkylation sites (N-methyl/N-ethyl adjacent to an activating group) is 1. The summed E-state index contributed by atoms with van der Waals surface area (Å²) in [6, 6.07) is 12.1. The summed E-state index contributed by atoms with van der Waals surface area (Å²) in [7, 11) is 3.25. The molecule has 0 radical (unpaired) electrons. The number of carbonyl (C=O) groups excluding carboxylic acids is 1. The molecule has 1 fully saturated rings. The van der Waals surface area contributed by atoms with Gasteiger partial charge in [-0.1, -0.05) is 17.7 Å². The number of nitrogens with zero attached hydrogens (tertiary/aromatic N) is 2. The van der Waals surface area contributed by atoms with Gasteiger partial charge in [0.15, 0.2) is 11.8 Å². The summed E-state index contributed by atoms with van der Waals surface area (Å²) in [5.41, 5.74) is 1.39. The van der Waals surface area contributed by atoms with Crippen molar-refractivity contribution in [3.63, 3.8) is 0 Å². The van der Waals surface area contributed by atoms with Crippen LogP contribution in [-0.2, 0) is 9.59 Å². The van der Waals surface area contributed by atoms with Crippen molar-refractivity contribution in [2.24, 2.45) is 4.99 Å². The van der Waals surface area contributed by atoms with Crippen LogP contribution in [0.3, 0.4) is 0 Å². The molecule has 1 aliphatic heterocycles. The third kappa shape index (κ3) is 5.10. The number of benzene rings is 2. The van der Waals surface area contributed by atoms with Gasteiger partial charge in [0.1, 0.15) is 11.5 Å². The number of hydrogen-bond donors (Lipinski definition) is 1. The molecule has 2 aromatic carbocycles. The van der Waals surface area contributed by atoms with Gasteiger partial charge in [-0.25, -0.2) is 9.79 Å². The Bertz CT molecular complexity index is 1000. The molecule has 0 atom stereocenters. The predicted molar refractivity (Wildman–Crippen MR) is 113 cm³/mol. The second kappa shape index (κ2) is 9.02. The SMILES string of the molecule is COc1ccc(N=C2SC(=Cc3ccc(OCC(=O)O)c(Cl)c3)C(=O)N2C)cc1. The molecule has 0 aliphatic carbocycles. The number of carbonyl (C=O) groups is 2. The second-order valence-electron chi connectivity index (χ2n) is 5.94. The van der Waals surface area contributed by atoms with Crippen LogP contribution in [0.1, 0.15) is 5.56 Å². The first-order valence-electron chi connectivity index (χ1n) is 8.42. The van der Waals surface area contributed by atoms with E-state index in [1.165, 1.54) is 16.7 Å². The van der Waals surface area contributed by atoms with Crippen molar-refractivity contribution < 1.29 is 24.2 Å². The van der Waals surface area contributed by atoms with Crippen molar-refractivity contribution >= 4 is 52.2 Å². The van der Waals surface area contributed by atoms with Gasteiger partial charge in [-0.05, 0) is 59.8 Å². The number of carboxylic acids is 1. The zero-order valence-electron chi connectivity index (χ0n) is 15.6. The largest absolute Gasteiger partial charge is 0.497 e. The molecule has 150 valence electrons. The lowest BCUT2D eigenvalue weighted by molar-refractivity contribution is -0.139. The lowest BCUT2D eigenvalue weighted by atomic mass is 10.2. The third-order valence-corrected chi connectivity index (χ3v) is 5.26. The smallest absolute Gasteiger partial charge is 0.341 e. The molecule has 1 aliphatic rings. The topological polar surface area (TPSA) is 88.4 Å². The molecule has 2 aromatic rings. The molecule has 1 amide bonds. The third-order valence-electron chi connectivity index (χ3n) is 3.91. The van der Waals surface area contributed by atoms with Crippen molar-refractivity contribution in [1.82, 2.24) is 4.90 Å². The summed E-state index contributed by atoms with van der Waals surface area (Å²) in [4.78, 5) is 29.6. The number of amidine groups is 1. The molecule has 0 saturated carbocycles. The van der Waals surface area contributed by atoms with Crippen molar-refractivity contribution in [1.29, 1.82) is 0 Å². The Labute approximate surface area is 176 Å². The summed E-state index contributed by atoms with van der Waals surface area (Å²) >= 11 is 7.40. The van der Waals surface area contributed by atoms with Crippen LogP contribution in [-0.4, -0.2) is 47.8 Å². The molecule has 7 nitrogen and oxygen atoms in total. The number of aliphatic imine (C=N–C) groups is 1. The van der Waals surface area contributed by atoms with Gasteiger partial charge in [0.25, 0.3) is 5.91 Å². The number of ether oxygens (including phenoxy) is 2. The Hall–Kier alpha value is -2.97. The first kappa shape index (κ1) is 20.8. The lowest BCUT2D eigenvalue weighted by Crippen LogP contribution is -2.23. The zero-order valence-corrected chi connectivity index (χ0v) is 17.2. The zero-order chi connectivity index (χ0) is 21.0. The Balaban J connectivity index is 1.79. The predicted octanol–water partition coefficient (Wildman–Crippen LogP) is 4.05. The van der Waals surface area contributed by atoms with Crippen LogP contribution in [0.25, 0.3) is 6.08 Å². The molecular formula is C20H17ClN2O5S. The van der Waals surface area contributed by atoms with E-state index in [2.05, 4.69) is 4.99 Å². The van der Waals surface area contributed by atoms with Crippen molar-refractivity contribution in [2.75, 3.05) is 20.8 Å². The molecule has 0 spiro atoms. The van der Waals surface area contributed by atoms with Crippen LogP contribution in [0.15, 0.2) is 52.4 Å². The normalized spacial score (nSPS) is 16.5. The Morgan fingerprint density at radius 3 is 2.62 bits per heavy atom. The Morgan fingerprint density at radius 2 is 2.00 bits per heavy atom. The highest BCUT2D eigenvalue weighted by Crippen LogP contribution is 2.34. The van der Waals surface area contributed by atoms with E-state index in [4.69, 9.17) is 26.2 Å². The van der Waals surface area contributed by atoms with E-state index in [1.807, 2.05) is 12.1 Å². The van der Waals surface area contributed by atoms with Gasteiger partial charge in [-0.3, -0.25) is 9.69 Å². The summed E-state index contributed by atoms with van der Waals surface area (Å²) < 4.78 is 10.2. The van der Waals surface area contributed by atoms with E-state index in [0.717, 1.165) is 5.75 Å². The van der Waals surface area contributed by atoms with E-state index < -0.39 is 12.6 Å². The summed E-state index contributed by atoms with van der Waals surface area (Å²) in [6.45, 7) is -0.482. The Morgan fingerprint density at radius 1 is 1.28 bits per heavy atom. The number of aliphatic carboxylic acids is 1. The van der Waals surface area contributed by atoms with Crippen molar-refractivity contribution in [2.45, 2.75) is 0 Å². The number of amides is 1. The van der Waals surface area contributed by atoms with Gasteiger partial charge in [-0.15, -0.1) is 0 Å². The summed E-state index contributed by atoms with van der Waals surface area (Å²) in [6.07, 6.45) is 1.70. The van der Waals surface area contributed by atoms with Crippen LogP contribution >= 0.6 is 23.4 Å². The Kier molecular flexibility index (Phi) is 6.46. The highest BCUT2D eigenvalue weighted by Gasteiger charge is 2.30. The first-order valence-corrected chi connectivity index (χ1v) is 9.61. The molecule has 9 heteroatoms. The minimum absolute atomic E-state index is 0.176. The number of methoxy groups -OCH3 is 1. The molecule has 1 saturated heterocycles. The highest BCUT2D eigenvalue weighted by molar-refractivity contribution is 8.18. The standard InChI is InChI=1S/C20H17ClN2O5S/c1-23-19(26)17(29-20(23)22-13-4-6-14(27-2)7-5-13)10-12-3-8-16(15(21)9-12)28-11-18(24)25/h3-10H,11H2,1-2H3,(H,24,25). The monoisotopic (exact) mass is 432 g/mol. The van der Waals surface area contributed by atoms with Gasteiger partial charge >= 0.3 is 5.97 Å². The van der Waals surface area contributed by atoms with E-state index >= 15 is 0 Å². The van der Waals surface area contributed by atoms with Gasteiger partial charge in [0.05, 0.1) is 22.7 Å². The number of halogens is 1. The fourth-order valence-electron chi connectivity index (χ4n) is 2.43. The molecule has 1 N–H and O–H groups in total. The first-order chi connectivity index (χ1) is 13.9. The molecule has 1 heterocycles. The highest BCUT2D eigenvalue weighted by atomic mass is 35.5. The van der Waals surface area contributed by atoms with Crippen LogP contribution in [0, 0.1) is 0 Å². The molecule has 0 aromatic heterocycles. The molecule has 29 heavy (non-hydrogen) atoms. The maximum atomic E-state index is 12.6. The quantitative estimate of drug-likeness (QED) is 0.693. The number of carboxylic acid groups (broad SMARTS) is 1. The fraction of sp³-hybridized carbons (Fsp3) is 0.150. The number of thioether (sulfide) groups is 1. The lowest BCUT2D eigenvalue weighted by Gasteiger charge is -2.07. The van der Waals surface area contributed by atoms with E-state index in [0.29, 0.717) is 21.3 Å². The average Bonchev–Trinajstić information content (AvgIpc) is 2.95. The van der Waals surface area contributed by atoms with E-state index in [9.17, 15) is 9.59 Å². The van der Waals surface area contributed by atoms with Crippen LogP contribution < -0.4 is 9.47 Å². The van der Waals surface area contributed by atoms with Crippen molar-refractivity contribution in [3.05, 3.63) is 58.0 Å².